The molecule has 2 rings (SSSR count). The van der Waals surface area contributed by atoms with Gasteiger partial charge >= 0.3 is 0 Å². The van der Waals surface area contributed by atoms with Crippen LogP contribution in [0, 0.1) is 12.8 Å². The molecule has 1 amide bonds. The fourth-order valence-corrected chi connectivity index (χ4v) is 2.75. The van der Waals surface area contributed by atoms with Crippen molar-refractivity contribution in [1.82, 2.24) is 14.8 Å². The lowest BCUT2D eigenvalue weighted by Gasteiger charge is -2.32. The van der Waals surface area contributed by atoms with Crippen molar-refractivity contribution in [2.45, 2.75) is 26.2 Å². The Bertz CT molecular complexity index is 451. The van der Waals surface area contributed by atoms with E-state index in [1.54, 1.807) is 4.90 Å². The number of aromatic nitrogens is 1. The fraction of sp³-hybridized carbons (Fsp3) is 0.625. The van der Waals surface area contributed by atoms with E-state index in [2.05, 4.69) is 22.0 Å². The Morgan fingerprint density at radius 3 is 2.70 bits per heavy atom. The molecule has 1 saturated heterocycles. The van der Waals surface area contributed by atoms with Gasteiger partial charge in [-0.15, -0.1) is 0 Å². The van der Waals surface area contributed by atoms with Gasteiger partial charge in [-0.3, -0.25) is 14.7 Å². The summed E-state index contributed by atoms with van der Waals surface area (Å²) in [6.07, 6.45) is 5.40. The van der Waals surface area contributed by atoms with E-state index in [0.29, 0.717) is 6.54 Å². The Hall–Kier alpha value is -1.42. The number of carbonyl (C=O) groups excluding carboxylic acids is 1. The molecule has 1 aromatic heterocycles. The highest BCUT2D eigenvalue weighted by atomic mass is 16.2. The van der Waals surface area contributed by atoms with E-state index in [1.165, 1.54) is 18.4 Å². The van der Waals surface area contributed by atoms with Crippen LogP contribution in [0.1, 0.15) is 24.1 Å². The lowest BCUT2D eigenvalue weighted by molar-refractivity contribution is -0.130. The molecule has 4 heteroatoms. The second kappa shape index (κ2) is 6.84. The van der Waals surface area contributed by atoms with Crippen molar-refractivity contribution in [1.29, 1.82) is 0 Å². The molecule has 0 radical (unpaired) electrons. The Morgan fingerprint density at radius 2 is 2.10 bits per heavy atom. The van der Waals surface area contributed by atoms with Crippen molar-refractivity contribution >= 4 is 5.91 Å². The van der Waals surface area contributed by atoms with E-state index in [1.807, 2.05) is 27.2 Å². The van der Waals surface area contributed by atoms with Gasteiger partial charge in [-0.1, -0.05) is 0 Å². The highest BCUT2D eigenvalue weighted by molar-refractivity contribution is 5.77. The lowest BCUT2D eigenvalue weighted by Crippen LogP contribution is -2.41. The zero-order valence-corrected chi connectivity index (χ0v) is 12.8. The first-order valence-electron chi connectivity index (χ1n) is 7.38. The molecule has 0 N–H and O–H groups in total. The van der Waals surface area contributed by atoms with Gasteiger partial charge in [-0.25, -0.2) is 0 Å². The van der Waals surface area contributed by atoms with E-state index in [9.17, 15) is 4.79 Å². The van der Waals surface area contributed by atoms with Gasteiger partial charge in [-0.05, 0) is 62.9 Å². The number of likely N-dealkylation sites (tertiary alicyclic amines) is 1. The number of pyridine rings is 1. The molecule has 2 heterocycles. The molecular weight excluding hydrogens is 250 g/mol. The molecule has 0 unspecified atom stereocenters. The zero-order chi connectivity index (χ0) is 14.5. The third kappa shape index (κ3) is 4.30. The molecule has 0 bridgehead atoms. The van der Waals surface area contributed by atoms with Gasteiger partial charge in [0.25, 0.3) is 0 Å². The molecule has 110 valence electrons. The number of amides is 1. The Morgan fingerprint density at radius 1 is 1.40 bits per heavy atom. The molecular formula is C16H25N3O. The van der Waals surface area contributed by atoms with Gasteiger partial charge in [0.05, 0.1) is 6.54 Å². The van der Waals surface area contributed by atoms with Gasteiger partial charge in [-0.2, -0.15) is 0 Å². The van der Waals surface area contributed by atoms with Crippen LogP contribution in [0.4, 0.5) is 0 Å². The molecule has 0 aromatic carbocycles. The molecule has 1 aliphatic heterocycles. The minimum Gasteiger partial charge on any atom is -0.348 e. The molecule has 0 aliphatic carbocycles. The minimum absolute atomic E-state index is 0.202. The van der Waals surface area contributed by atoms with Gasteiger partial charge < -0.3 is 4.90 Å². The summed E-state index contributed by atoms with van der Waals surface area (Å²) >= 11 is 0. The predicted octanol–water partition coefficient (Wildman–Crippen LogP) is 1.73. The lowest BCUT2D eigenvalue weighted by atomic mass is 9.90. The number of hydrogen-bond donors (Lipinski definition) is 0. The van der Waals surface area contributed by atoms with Crippen LogP contribution in [0.3, 0.4) is 0 Å². The van der Waals surface area contributed by atoms with Crippen LogP contribution in [0.15, 0.2) is 18.3 Å². The number of likely N-dealkylation sites (N-methyl/N-ethyl adjacent to an activating group) is 1. The summed E-state index contributed by atoms with van der Waals surface area (Å²) in [6.45, 7) is 4.68. The van der Waals surface area contributed by atoms with Crippen molar-refractivity contribution in [3.63, 3.8) is 0 Å². The molecule has 20 heavy (non-hydrogen) atoms. The van der Waals surface area contributed by atoms with E-state index < -0.39 is 0 Å². The third-order valence-corrected chi connectivity index (χ3v) is 4.05. The second-order valence-electron chi connectivity index (χ2n) is 6.02. The smallest absolute Gasteiger partial charge is 0.236 e. The standard InChI is InChI=1S/C16H25N3O/c1-13-10-15(4-7-17-13)11-14-5-8-19(9-6-14)12-16(20)18(2)3/h4,7,10,14H,5-6,8-9,11-12H2,1-3H3. The first-order valence-corrected chi connectivity index (χ1v) is 7.38. The molecule has 0 atom stereocenters. The van der Waals surface area contributed by atoms with Crippen LogP contribution < -0.4 is 0 Å². The maximum atomic E-state index is 11.7. The highest BCUT2D eigenvalue weighted by Gasteiger charge is 2.21. The summed E-state index contributed by atoms with van der Waals surface area (Å²) in [6, 6.07) is 4.30. The van der Waals surface area contributed by atoms with Crippen molar-refractivity contribution in [3.8, 4) is 0 Å². The van der Waals surface area contributed by atoms with Crippen LogP contribution in [0.2, 0.25) is 0 Å². The van der Waals surface area contributed by atoms with Gasteiger partial charge in [0.2, 0.25) is 5.91 Å². The average Bonchev–Trinajstić information content (AvgIpc) is 2.41. The summed E-state index contributed by atoms with van der Waals surface area (Å²) in [5, 5.41) is 0. The number of carbonyl (C=O) groups is 1. The number of piperidine rings is 1. The number of nitrogens with zero attached hydrogens (tertiary/aromatic N) is 3. The fourth-order valence-electron chi connectivity index (χ4n) is 2.75. The first-order chi connectivity index (χ1) is 9.54. The number of aryl methyl sites for hydroxylation is 1. The quantitative estimate of drug-likeness (QED) is 0.839. The Balaban J connectivity index is 1.78. The highest BCUT2D eigenvalue weighted by Crippen LogP contribution is 2.21. The van der Waals surface area contributed by atoms with Crippen LogP contribution in [0.5, 0.6) is 0 Å². The van der Waals surface area contributed by atoms with Crippen LogP contribution >= 0.6 is 0 Å². The first kappa shape index (κ1) is 15.0. The predicted molar refractivity (Wildman–Crippen MR) is 80.5 cm³/mol. The van der Waals surface area contributed by atoms with E-state index in [-0.39, 0.29) is 5.91 Å². The molecule has 1 fully saturated rings. The number of rotatable bonds is 4. The summed E-state index contributed by atoms with van der Waals surface area (Å²) in [5.74, 6) is 0.940. The summed E-state index contributed by atoms with van der Waals surface area (Å²) in [4.78, 5) is 19.9. The van der Waals surface area contributed by atoms with Crippen LogP contribution in [0.25, 0.3) is 0 Å². The van der Waals surface area contributed by atoms with Gasteiger partial charge in [0.1, 0.15) is 0 Å². The monoisotopic (exact) mass is 275 g/mol. The molecule has 0 saturated carbocycles. The molecule has 0 spiro atoms. The second-order valence-corrected chi connectivity index (χ2v) is 6.02. The summed E-state index contributed by atoms with van der Waals surface area (Å²) in [5.41, 5.74) is 2.48. The maximum Gasteiger partial charge on any atom is 0.236 e. The van der Waals surface area contributed by atoms with Crippen molar-refractivity contribution in [3.05, 3.63) is 29.6 Å². The van der Waals surface area contributed by atoms with E-state index >= 15 is 0 Å². The average molecular weight is 275 g/mol. The van der Waals surface area contributed by atoms with Gasteiger partial charge in [0, 0.05) is 26.0 Å². The van der Waals surface area contributed by atoms with Gasteiger partial charge in [0.15, 0.2) is 0 Å². The molecule has 1 aromatic rings. The topological polar surface area (TPSA) is 36.4 Å². The van der Waals surface area contributed by atoms with Crippen molar-refractivity contribution in [2.24, 2.45) is 5.92 Å². The van der Waals surface area contributed by atoms with Crippen LogP contribution in [-0.4, -0.2) is 54.4 Å². The molecule has 1 aliphatic rings. The Labute approximate surface area is 121 Å². The minimum atomic E-state index is 0.202. The zero-order valence-electron chi connectivity index (χ0n) is 12.8. The van der Waals surface area contributed by atoms with Crippen LogP contribution in [-0.2, 0) is 11.2 Å². The third-order valence-electron chi connectivity index (χ3n) is 4.05. The Kier molecular flexibility index (Phi) is 5.12. The number of hydrogen-bond acceptors (Lipinski definition) is 3. The maximum absolute atomic E-state index is 11.7. The normalized spacial score (nSPS) is 17.1. The van der Waals surface area contributed by atoms with Crippen molar-refractivity contribution < 1.29 is 4.79 Å². The SMILES string of the molecule is Cc1cc(CC2CCN(CC(=O)N(C)C)CC2)ccn1. The molecule has 4 nitrogen and oxygen atoms in total. The van der Waals surface area contributed by atoms with E-state index in [4.69, 9.17) is 0 Å². The largest absolute Gasteiger partial charge is 0.348 e. The van der Waals surface area contributed by atoms with E-state index in [0.717, 1.165) is 31.1 Å². The summed E-state index contributed by atoms with van der Waals surface area (Å²) in [7, 11) is 3.64. The summed E-state index contributed by atoms with van der Waals surface area (Å²) < 4.78 is 0. The van der Waals surface area contributed by atoms with Crippen molar-refractivity contribution in [2.75, 3.05) is 33.7 Å².